The van der Waals surface area contributed by atoms with Crippen molar-refractivity contribution in [2.45, 2.75) is 26.7 Å². The highest BCUT2D eigenvalue weighted by Crippen LogP contribution is 2.24. The summed E-state index contributed by atoms with van der Waals surface area (Å²) in [6.45, 7) is 5.01. The third kappa shape index (κ3) is 3.93. The maximum absolute atomic E-state index is 5.90. The molecule has 1 heterocycles. The van der Waals surface area contributed by atoms with E-state index in [1.807, 2.05) is 31.2 Å². The van der Waals surface area contributed by atoms with E-state index >= 15 is 0 Å². The van der Waals surface area contributed by atoms with E-state index in [4.69, 9.17) is 11.6 Å². The van der Waals surface area contributed by atoms with Gasteiger partial charge in [-0.05, 0) is 47.0 Å². The Labute approximate surface area is 132 Å². The van der Waals surface area contributed by atoms with Crippen molar-refractivity contribution >= 4 is 33.3 Å². The number of nitrogens with one attached hydrogen (secondary N) is 1. The monoisotopic (exact) mass is 353 g/mol. The molecule has 3 nitrogen and oxygen atoms in total. The zero-order valence-electron chi connectivity index (χ0n) is 11.6. The molecule has 0 radical (unpaired) electrons. The van der Waals surface area contributed by atoms with Crippen LogP contribution in [0.1, 0.15) is 30.4 Å². The van der Waals surface area contributed by atoms with Gasteiger partial charge in [-0.2, -0.15) is 0 Å². The van der Waals surface area contributed by atoms with E-state index in [1.54, 1.807) is 0 Å². The van der Waals surface area contributed by atoms with E-state index in [1.165, 1.54) is 0 Å². The third-order valence-electron chi connectivity index (χ3n) is 2.88. The van der Waals surface area contributed by atoms with Gasteiger partial charge in [0.25, 0.3) is 0 Å². The first-order chi connectivity index (χ1) is 9.60. The molecule has 1 aromatic heterocycles. The maximum Gasteiger partial charge on any atom is 0.144 e. The van der Waals surface area contributed by atoms with Crippen molar-refractivity contribution in [2.24, 2.45) is 0 Å². The zero-order valence-corrected chi connectivity index (χ0v) is 13.9. The maximum atomic E-state index is 5.90. The molecule has 2 rings (SSSR count). The molecule has 0 saturated heterocycles. The van der Waals surface area contributed by atoms with Gasteiger partial charge in [0.05, 0.1) is 10.2 Å². The normalized spacial score (nSPS) is 10.6. The Balaban J connectivity index is 2.23. The molecule has 0 fully saturated rings. The molecule has 0 aliphatic carbocycles. The van der Waals surface area contributed by atoms with Gasteiger partial charge in [0.1, 0.15) is 11.6 Å². The number of hydrogen-bond acceptors (Lipinski definition) is 3. The lowest BCUT2D eigenvalue weighted by molar-refractivity contribution is 0.910. The fourth-order valence-corrected chi connectivity index (χ4v) is 2.29. The topological polar surface area (TPSA) is 37.8 Å². The average molecular weight is 355 g/mol. The van der Waals surface area contributed by atoms with Gasteiger partial charge < -0.3 is 5.32 Å². The number of nitrogens with zero attached hydrogens (tertiary/aromatic N) is 2. The Morgan fingerprint density at radius 1 is 1.20 bits per heavy atom. The van der Waals surface area contributed by atoms with Crippen molar-refractivity contribution in [3.63, 3.8) is 0 Å². The standard InChI is InChI=1S/C15H17BrClN3/c1-3-8-18-15-14(16)10(2)19-13(20-15)9-11-4-6-12(17)7-5-11/h4-7H,3,8-9H2,1-2H3,(H,18,19,20). The molecule has 5 heteroatoms. The molecule has 20 heavy (non-hydrogen) atoms. The predicted octanol–water partition coefficient (Wildman–Crippen LogP) is 4.61. The highest BCUT2D eigenvalue weighted by molar-refractivity contribution is 9.10. The van der Waals surface area contributed by atoms with Crippen LogP contribution in [0.5, 0.6) is 0 Å². The summed E-state index contributed by atoms with van der Waals surface area (Å²) in [6.07, 6.45) is 1.76. The highest BCUT2D eigenvalue weighted by atomic mass is 79.9. The van der Waals surface area contributed by atoms with Gasteiger partial charge in [-0.25, -0.2) is 9.97 Å². The quantitative estimate of drug-likeness (QED) is 0.851. The second kappa shape index (κ2) is 7.04. The van der Waals surface area contributed by atoms with Crippen LogP contribution in [0, 0.1) is 6.92 Å². The summed E-state index contributed by atoms with van der Waals surface area (Å²) in [4.78, 5) is 9.11. The lowest BCUT2D eigenvalue weighted by Crippen LogP contribution is -2.08. The third-order valence-corrected chi connectivity index (χ3v) is 4.08. The largest absolute Gasteiger partial charge is 0.369 e. The minimum atomic E-state index is 0.700. The Kier molecular flexibility index (Phi) is 5.38. The first kappa shape index (κ1) is 15.3. The van der Waals surface area contributed by atoms with Crippen LogP contribution < -0.4 is 5.32 Å². The molecule has 0 unspecified atom stereocenters. The van der Waals surface area contributed by atoms with Crippen molar-refractivity contribution in [3.05, 3.63) is 50.8 Å². The Bertz CT molecular complexity index is 584. The van der Waals surface area contributed by atoms with Crippen LogP contribution in [0.4, 0.5) is 5.82 Å². The number of aromatic nitrogens is 2. The van der Waals surface area contributed by atoms with Gasteiger partial charge in [0.2, 0.25) is 0 Å². The second-order valence-electron chi connectivity index (χ2n) is 4.62. The van der Waals surface area contributed by atoms with Crippen LogP contribution in [-0.4, -0.2) is 16.5 Å². The molecule has 1 aromatic carbocycles. The molecule has 0 saturated carbocycles. The van der Waals surface area contributed by atoms with Crippen molar-refractivity contribution in [1.29, 1.82) is 0 Å². The number of hydrogen-bond donors (Lipinski definition) is 1. The molecule has 0 spiro atoms. The molecular weight excluding hydrogens is 338 g/mol. The summed E-state index contributed by atoms with van der Waals surface area (Å²) < 4.78 is 0.936. The first-order valence-electron chi connectivity index (χ1n) is 6.61. The summed E-state index contributed by atoms with van der Waals surface area (Å²) in [5.74, 6) is 1.68. The summed E-state index contributed by atoms with van der Waals surface area (Å²) in [5, 5.41) is 4.06. The summed E-state index contributed by atoms with van der Waals surface area (Å²) >= 11 is 9.43. The molecule has 0 aliphatic heterocycles. The lowest BCUT2D eigenvalue weighted by Gasteiger charge is -2.10. The fraction of sp³-hybridized carbons (Fsp3) is 0.333. The van der Waals surface area contributed by atoms with E-state index in [0.717, 1.165) is 45.4 Å². The van der Waals surface area contributed by atoms with Crippen LogP contribution in [0.3, 0.4) is 0 Å². The molecule has 0 bridgehead atoms. The fourth-order valence-electron chi connectivity index (χ4n) is 1.84. The number of rotatable bonds is 5. The summed E-state index contributed by atoms with van der Waals surface area (Å²) in [5.41, 5.74) is 2.10. The van der Waals surface area contributed by atoms with Gasteiger partial charge in [0, 0.05) is 18.0 Å². The van der Waals surface area contributed by atoms with E-state index in [0.29, 0.717) is 6.42 Å². The lowest BCUT2D eigenvalue weighted by atomic mass is 10.1. The Morgan fingerprint density at radius 3 is 2.55 bits per heavy atom. The molecular formula is C15H17BrClN3. The number of anilines is 1. The molecule has 2 aromatic rings. The summed E-state index contributed by atoms with van der Waals surface area (Å²) in [6, 6.07) is 7.78. The van der Waals surface area contributed by atoms with Crippen LogP contribution in [0.25, 0.3) is 0 Å². The Hall–Kier alpha value is -1.13. The van der Waals surface area contributed by atoms with Crippen LogP contribution >= 0.6 is 27.5 Å². The van der Waals surface area contributed by atoms with E-state index in [9.17, 15) is 0 Å². The molecule has 106 valence electrons. The average Bonchev–Trinajstić information content (AvgIpc) is 2.43. The Morgan fingerprint density at radius 2 is 1.90 bits per heavy atom. The van der Waals surface area contributed by atoms with Crippen molar-refractivity contribution in [2.75, 3.05) is 11.9 Å². The van der Waals surface area contributed by atoms with E-state index in [-0.39, 0.29) is 0 Å². The van der Waals surface area contributed by atoms with E-state index < -0.39 is 0 Å². The second-order valence-corrected chi connectivity index (χ2v) is 5.85. The van der Waals surface area contributed by atoms with Gasteiger partial charge >= 0.3 is 0 Å². The van der Waals surface area contributed by atoms with E-state index in [2.05, 4.69) is 38.1 Å². The minimum Gasteiger partial charge on any atom is -0.369 e. The number of halogens is 2. The smallest absolute Gasteiger partial charge is 0.144 e. The van der Waals surface area contributed by atoms with Gasteiger partial charge in [-0.1, -0.05) is 30.7 Å². The van der Waals surface area contributed by atoms with Crippen molar-refractivity contribution in [3.8, 4) is 0 Å². The van der Waals surface area contributed by atoms with Crippen LogP contribution in [0.15, 0.2) is 28.7 Å². The number of benzene rings is 1. The molecule has 0 atom stereocenters. The van der Waals surface area contributed by atoms with Gasteiger partial charge in [-0.15, -0.1) is 0 Å². The van der Waals surface area contributed by atoms with Gasteiger partial charge in [0.15, 0.2) is 0 Å². The molecule has 1 N–H and O–H groups in total. The SMILES string of the molecule is CCCNc1nc(Cc2ccc(Cl)cc2)nc(C)c1Br. The summed E-state index contributed by atoms with van der Waals surface area (Å²) in [7, 11) is 0. The first-order valence-corrected chi connectivity index (χ1v) is 7.78. The van der Waals surface area contributed by atoms with Gasteiger partial charge in [-0.3, -0.25) is 0 Å². The van der Waals surface area contributed by atoms with Crippen LogP contribution in [0.2, 0.25) is 5.02 Å². The zero-order chi connectivity index (χ0) is 14.5. The predicted molar refractivity (Wildman–Crippen MR) is 87.5 cm³/mol. The highest BCUT2D eigenvalue weighted by Gasteiger charge is 2.09. The van der Waals surface area contributed by atoms with Crippen LogP contribution in [-0.2, 0) is 6.42 Å². The van der Waals surface area contributed by atoms with Crippen molar-refractivity contribution in [1.82, 2.24) is 9.97 Å². The van der Waals surface area contributed by atoms with Crippen molar-refractivity contribution < 1.29 is 0 Å². The minimum absolute atomic E-state index is 0.700. The molecule has 0 aliphatic rings. The molecule has 0 amide bonds. The number of aryl methyl sites for hydroxylation is 1.